The zero-order valence-electron chi connectivity index (χ0n) is 13.4. The fourth-order valence-corrected chi connectivity index (χ4v) is 2.86. The van der Waals surface area contributed by atoms with Gasteiger partial charge in [-0.25, -0.2) is 0 Å². The van der Waals surface area contributed by atoms with Gasteiger partial charge in [-0.2, -0.15) is 0 Å². The van der Waals surface area contributed by atoms with Gasteiger partial charge in [-0.3, -0.25) is 14.9 Å². The van der Waals surface area contributed by atoms with Crippen LogP contribution in [0.2, 0.25) is 0 Å². The van der Waals surface area contributed by atoms with Crippen molar-refractivity contribution in [2.45, 2.75) is 33.2 Å². The number of nitrogens with one attached hydrogen (secondary N) is 2. The first-order chi connectivity index (χ1) is 11.0. The van der Waals surface area contributed by atoms with Crippen LogP contribution in [-0.2, 0) is 16.0 Å². The van der Waals surface area contributed by atoms with Crippen LogP contribution in [-0.4, -0.2) is 28.1 Å². The Kier molecular flexibility index (Phi) is 5.81. The van der Waals surface area contributed by atoms with Crippen LogP contribution in [0.5, 0.6) is 0 Å². The van der Waals surface area contributed by atoms with E-state index in [4.69, 9.17) is 0 Å². The number of nitrogens with zero attached hydrogens (tertiary/aromatic N) is 2. The van der Waals surface area contributed by atoms with Crippen LogP contribution >= 0.6 is 11.3 Å². The zero-order chi connectivity index (χ0) is 16.8. The third-order valence-corrected chi connectivity index (χ3v) is 4.04. The summed E-state index contributed by atoms with van der Waals surface area (Å²) in [4.78, 5) is 23.5. The molecule has 0 fully saturated rings. The van der Waals surface area contributed by atoms with Gasteiger partial charge < -0.3 is 5.32 Å². The summed E-state index contributed by atoms with van der Waals surface area (Å²) in [5.74, 6) is -0.533. The maximum Gasteiger partial charge on any atom is 0.249 e. The van der Waals surface area contributed by atoms with Crippen LogP contribution in [0.3, 0.4) is 0 Å². The summed E-state index contributed by atoms with van der Waals surface area (Å²) in [5.41, 5.74) is 1.14. The number of hydrogen-bond acceptors (Lipinski definition) is 5. The second-order valence-corrected chi connectivity index (χ2v) is 6.64. The Balaban J connectivity index is 2.00. The van der Waals surface area contributed by atoms with E-state index in [1.165, 1.54) is 18.3 Å². The van der Waals surface area contributed by atoms with Gasteiger partial charge in [-0.1, -0.05) is 55.5 Å². The first kappa shape index (κ1) is 17.1. The monoisotopic (exact) mass is 332 g/mol. The number of anilines is 1. The number of aromatic nitrogens is 2. The van der Waals surface area contributed by atoms with Crippen LogP contribution in [0.1, 0.15) is 31.3 Å². The minimum atomic E-state index is -0.589. The van der Waals surface area contributed by atoms with E-state index in [9.17, 15) is 9.59 Å². The number of benzene rings is 1. The number of hydrogen-bond donors (Lipinski definition) is 2. The molecule has 2 rings (SSSR count). The van der Waals surface area contributed by atoms with Crippen molar-refractivity contribution in [2.24, 2.45) is 5.92 Å². The molecule has 0 aliphatic carbocycles. The van der Waals surface area contributed by atoms with Gasteiger partial charge in [0.25, 0.3) is 0 Å². The molecular weight excluding hydrogens is 312 g/mol. The molecule has 2 aromatic rings. The van der Waals surface area contributed by atoms with Gasteiger partial charge in [-0.05, 0) is 11.5 Å². The quantitative estimate of drug-likeness (QED) is 0.849. The molecule has 1 aromatic carbocycles. The van der Waals surface area contributed by atoms with E-state index in [-0.39, 0.29) is 17.7 Å². The summed E-state index contributed by atoms with van der Waals surface area (Å²) < 4.78 is 0. The van der Waals surface area contributed by atoms with E-state index in [1.807, 2.05) is 44.2 Å². The highest BCUT2D eigenvalue weighted by molar-refractivity contribution is 7.15. The van der Waals surface area contributed by atoms with Crippen molar-refractivity contribution in [1.82, 2.24) is 15.5 Å². The van der Waals surface area contributed by atoms with Gasteiger partial charge >= 0.3 is 0 Å². The highest BCUT2D eigenvalue weighted by atomic mass is 32.1. The van der Waals surface area contributed by atoms with Crippen molar-refractivity contribution in [3.63, 3.8) is 0 Å². The molecule has 0 aliphatic heterocycles. The molecule has 0 saturated heterocycles. The number of amides is 2. The molecule has 6 nitrogen and oxygen atoms in total. The normalized spacial score (nSPS) is 12.0. The maximum absolute atomic E-state index is 12.3. The first-order valence-electron chi connectivity index (χ1n) is 7.40. The number of rotatable bonds is 6. The molecule has 1 atom stereocenters. The lowest BCUT2D eigenvalue weighted by molar-refractivity contribution is -0.126. The Morgan fingerprint density at radius 2 is 1.87 bits per heavy atom. The van der Waals surface area contributed by atoms with E-state index in [1.54, 1.807) is 0 Å². The fraction of sp³-hybridized carbons (Fsp3) is 0.375. The first-order valence-corrected chi connectivity index (χ1v) is 8.21. The van der Waals surface area contributed by atoms with Crippen molar-refractivity contribution in [2.75, 3.05) is 5.32 Å². The largest absolute Gasteiger partial charge is 0.344 e. The minimum Gasteiger partial charge on any atom is -0.344 e. The Bertz CT molecular complexity index is 670. The molecule has 0 spiro atoms. The third-order valence-electron chi connectivity index (χ3n) is 3.20. The second-order valence-electron chi connectivity index (χ2n) is 5.57. The summed E-state index contributed by atoms with van der Waals surface area (Å²) in [6.45, 7) is 5.15. The molecule has 0 aliphatic rings. The standard InChI is InChI=1S/C16H20N4O2S/c1-10(2)14(17-11(3)21)15(22)18-16-20-19-13(23-16)9-12-7-5-4-6-8-12/h4-8,10,14H,9H2,1-3H3,(H,17,21)(H,18,20,22). The van der Waals surface area contributed by atoms with Gasteiger partial charge in [-0.15, -0.1) is 10.2 Å². The smallest absolute Gasteiger partial charge is 0.249 e. The van der Waals surface area contributed by atoms with Crippen molar-refractivity contribution < 1.29 is 9.59 Å². The summed E-state index contributed by atoms with van der Waals surface area (Å²) in [6, 6.07) is 9.35. The van der Waals surface area contributed by atoms with Crippen LogP contribution in [0.4, 0.5) is 5.13 Å². The SMILES string of the molecule is CC(=O)NC(C(=O)Nc1nnc(Cc2ccccc2)s1)C(C)C. The molecule has 1 unspecified atom stereocenters. The van der Waals surface area contributed by atoms with E-state index in [0.717, 1.165) is 10.6 Å². The molecule has 1 heterocycles. The minimum absolute atomic E-state index is 0.0180. The fourth-order valence-electron chi connectivity index (χ4n) is 2.08. The summed E-state index contributed by atoms with van der Waals surface area (Å²) in [7, 11) is 0. The Labute approximate surface area is 139 Å². The third kappa shape index (κ3) is 5.14. The van der Waals surface area contributed by atoms with E-state index < -0.39 is 6.04 Å². The van der Waals surface area contributed by atoms with Crippen LogP contribution in [0, 0.1) is 5.92 Å². The molecule has 0 bridgehead atoms. The molecule has 122 valence electrons. The molecule has 23 heavy (non-hydrogen) atoms. The molecule has 2 amide bonds. The van der Waals surface area contributed by atoms with E-state index >= 15 is 0 Å². The Morgan fingerprint density at radius 1 is 1.17 bits per heavy atom. The number of carbonyl (C=O) groups is 2. The van der Waals surface area contributed by atoms with Crippen molar-refractivity contribution in [3.8, 4) is 0 Å². The van der Waals surface area contributed by atoms with Crippen LogP contribution in [0.15, 0.2) is 30.3 Å². The second kappa shape index (κ2) is 7.82. The van der Waals surface area contributed by atoms with Crippen molar-refractivity contribution in [3.05, 3.63) is 40.9 Å². The molecule has 2 N–H and O–H groups in total. The molecule has 0 saturated carbocycles. The molecule has 1 aromatic heterocycles. The predicted octanol–water partition coefficient (Wildman–Crippen LogP) is 2.23. The lowest BCUT2D eigenvalue weighted by atomic mass is 10.0. The van der Waals surface area contributed by atoms with Crippen molar-refractivity contribution in [1.29, 1.82) is 0 Å². The lowest BCUT2D eigenvalue weighted by Crippen LogP contribution is -2.46. The number of carbonyl (C=O) groups excluding carboxylic acids is 2. The van der Waals surface area contributed by atoms with Crippen LogP contribution < -0.4 is 10.6 Å². The lowest BCUT2D eigenvalue weighted by Gasteiger charge is -2.19. The Hall–Kier alpha value is -2.28. The summed E-state index contributed by atoms with van der Waals surface area (Å²) in [5, 5.41) is 14.7. The average Bonchev–Trinajstić information content (AvgIpc) is 2.92. The maximum atomic E-state index is 12.3. The average molecular weight is 332 g/mol. The highest BCUT2D eigenvalue weighted by Crippen LogP contribution is 2.19. The van der Waals surface area contributed by atoms with Gasteiger partial charge in [0.05, 0.1) is 0 Å². The summed E-state index contributed by atoms with van der Waals surface area (Å²) >= 11 is 1.34. The summed E-state index contributed by atoms with van der Waals surface area (Å²) in [6.07, 6.45) is 0.674. The topological polar surface area (TPSA) is 84.0 Å². The highest BCUT2D eigenvalue weighted by Gasteiger charge is 2.24. The van der Waals surface area contributed by atoms with Crippen molar-refractivity contribution >= 4 is 28.3 Å². The Morgan fingerprint density at radius 3 is 2.48 bits per heavy atom. The molecule has 7 heteroatoms. The van der Waals surface area contributed by atoms with Gasteiger partial charge in [0, 0.05) is 13.3 Å². The molecule has 0 radical (unpaired) electrons. The van der Waals surface area contributed by atoms with Gasteiger partial charge in [0.1, 0.15) is 11.0 Å². The zero-order valence-corrected chi connectivity index (χ0v) is 14.2. The van der Waals surface area contributed by atoms with Gasteiger partial charge in [0.15, 0.2) is 0 Å². The predicted molar refractivity (Wildman–Crippen MR) is 90.2 cm³/mol. The van der Waals surface area contributed by atoms with Gasteiger partial charge in [0.2, 0.25) is 16.9 Å². The van der Waals surface area contributed by atoms with Crippen LogP contribution in [0.25, 0.3) is 0 Å². The molecular formula is C16H20N4O2S. The van der Waals surface area contributed by atoms with E-state index in [0.29, 0.717) is 11.6 Å². The van der Waals surface area contributed by atoms with E-state index in [2.05, 4.69) is 20.8 Å².